The van der Waals surface area contributed by atoms with Gasteiger partial charge in [0.1, 0.15) is 5.82 Å². The Bertz CT molecular complexity index is 958. The molecule has 168 valence electrons. The molecule has 1 saturated carbocycles. The van der Waals surface area contributed by atoms with Crippen LogP contribution in [0.1, 0.15) is 62.0 Å². The predicted octanol–water partition coefficient (Wildman–Crippen LogP) is 5.80. The van der Waals surface area contributed by atoms with Crippen molar-refractivity contribution in [2.75, 3.05) is 0 Å². The Morgan fingerprint density at radius 2 is 1.53 bits per heavy atom. The molecule has 5 nitrogen and oxygen atoms in total. The third-order valence-electron chi connectivity index (χ3n) is 6.15. The second-order valence-corrected chi connectivity index (χ2v) is 9.93. The van der Waals surface area contributed by atoms with Gasteiger partial charge in [-0.25, -0.2) is 0 Å². The van der Waals surface area contributed by atoms with Crippen molar-refractivity contribution in [3.05, 3.63) is 77.6 Å². The summed E-state index contributed by atoms with van der Waals surface area (Å²) < 4.78 is 2.27. The Morgan fingerprint density at radius 3 is 2.09 bits per heavy atom. The summed E-state index contributed by atoms with van der Waals surface area (Å²) in [6.45, 7) is 5.20. The summed E-state index contributed by atoms with van der Waals surface area (Å²) >= 11 is 1.54. The van der Waals surface area contributed by atoms with Crippen molar-refractivity contribution in [3.8, 4) is 0 Å². The van der Waals surface area contributed by atoms with Crippen LogP contribution in [0.4, 0.5) is 0 Å². The second kappa shape index (κ2) is 10.8. The van der Waals surface area contributed by atoms with E-state index < -0.39 is 0 Å². The van der Waals surface area contributed by atoms with Gasteiger partial charge in [0.2, 0.25) is 5.91 Å². The summed E-state index contributed by atoms with van der Waals surface area (Å²) in [5.74, 6) is 1.07. The van der Waals surface area contributed by atoms with Crippen LogP contribution in [0.25, 0.3) is 0 Å². The zero-order chi connectivity index (χ0) is 22.3. The molecule has 2 aromatic carbocycles. The van der Waals surface area contributed by atoms with Gasteiger partial charge in [-0.1, -0.05) is 91.7 Å². The fourth-order valence-corrected chi connectivity index (χ4v) is 5.52. The zero-order valence-corrected chi connectivity index (χ0v) is 19.8. The zero-order valence-electron chi connectivity index (χ0n) is 19.0. The van der Waals surface area contributed by atoms with Gasteiger partial charge in [0.05, 0.1) is 5.25 Å². The summed E-state index contributed by atoms with van der Waals surface area (Å²) in [6, 6.07) is 20.9. The van der Waals surface area contributed by atoms with Gasteiger partial charge in [-0.05, 0) is 37.8 Å². The Labute approximate surface area is 195 Å². The maximum Gasteiger partial charge on any atom is 0.236 e. The standard InChI is InChI=1S/C26H32N4OS/c1-20(32-26-28-27-21(2)30(26)24-16-10-5-11-17-24)25(31)29(18-22-12-6-3-7-13-22)19-23-14-8-4-9-15-23/h3-4,6-9,12-15,20,24H,5,10-11,16-19H2,1-2H3. The summed E-state index contributed by atoms with van der Waals surface area (Å²) in [6.07, 6.45) is 6.15. The first-order valence-corrected chi connectivity index (χ1v) is 12.4. The van der Waals surface area contributed by atoms with E-state index >= 15 is 0 Å². The van der Waals surface area contributed by atoms with Crippen LogP contribution in [0.2, 0.25) is 0 Å². The van der Waals surface area contributed by atoms with Gasteiger partial charge in [0, 0.05) is 19.1 Å². The number of amides is 1. The maximum absolute atomic E-state index is 13.6. The van der Waals surface area contributed by atoms with Crippen molar-refractivity contribution in [1.82, 2.24) is 19.7 Å². The highest BCUT2D eigenvalue weighted by Crippen LogP contribution is 2.34. The number of hydrogen-bond acceptors (Lipinski definition) is 4. The number of rotatable bonds is 8. The van der Waals surface area contributed by atoms with E-state index in [9.17, 15) is 4.79 Å². The van der Waals surface area contributed by atoms with Crippen molar-refractivity contribution in [2.45, 2.75) is 75.5 Å². The summed E-state index contributed by atoms with van der Waals surface area (Å²) in [7, 11) is 0. The predicted molar refractivity (Wildman–Crippen MR) is 129 cm³/mol. The monoisotopic (exact) mass is 448 g/mol. The van der Waals surface area contributed by atoms with Gasteiger partial charge in [-0.3, -0.25) is 4.79 Å². The highest BCUT2D eigenvalue weighted by molar-refractivity contribution is 8.00. The highest BCUT2D eigenvalue weighted by atomic mass is 32.2. The average molecular weight is 449 g/mol. The van der Waals surface area contributed by atoms with Gasteiger partial charge >= 0.3 is 0 Å². The number of aromatic nitrogens is 3. The molecule has 1 fully saturated rings. The maximum atomic E-state index is 13.6. The molecule has 0 aliphatic heterocycles. The van der Waals surface area contributed by atoms with E-state index in [1.54, 1.807) is 11.8 Å². The van der Waals surface area contributed by atoms with E-state index in [0.29, 0.717) is 19.1 Å². The van der Waals surface area contributed by atoms with Gasteiger partial charge in [-0.2, -0.15) is 0 Å². The van der Waals surface area contributed by atoms with Crippen molar-refractivity contribution in [3.63, 3.8) is 0 Å². The van der Waals surface area contributed by atoms with Crippen LogP contribution in [0.5, 0.6) is 0 Å². The molecular weight excluding hydrogens is 416 g/mol. The van der Waals surface area contributed by atoms with Gasteiger partial charge in [0.25, 0.3) is 0 Å². The van der Waals surface area contributed by atoms with E-state index in [-0.39, 0.29) is 11.2 Å². The van der Waals surface area contributed by atoms with E-state index in [0.717, 1.165) is 22.1 Å². The lowest BCUT2D eigenvalue weighted by atomic mass is 9.95. The van der Waals surface area contributed by atoms with Crippen molar-refractivity contribution in [2.24, 2.45) is 0 Å². The van der Waals surface area contributed by atoms with Gasteiger partial charge < -0.3 is 9.47 Å². The highest BCUT2D eigenvalue weighted by Gasteiger charge is 2.27. The SMILES string of the molecule is Cc1nnc(SC(C)C(=O)N(Cc2ccccc2)Cc2ccccc2)n1C1CCCCC1. The topological polar surface area (TPSA) is 51.0 Å². The van der Waals surface area contributed by atoms with Crippen molar-refractivity contribution >= 4 is 17.7 Å². The average Bonchev–Trinajstić information content (AvgIpc) is 3.19. The first-order chi connectivity index (χ1) is 15.6. The molecule has 1 unspecified atom stereocenters. The molecule has 1 amide bonds. The third kappa shape index (κ3) is 5.60. The number of carbonyl (C=O) groups excluding carboxylic acids is 1. The normalized spacial score (nSPS) is 15.4. The van der Waals surface area contributed by atoms with E-state index in [1.807, 2.05) is 55.1 Å². The molecule has 0 N–H and O–H groups in total. The van der Waals surface area contributed by atoms with Crippen LogP contribution >= 0.6 is 11.8 Å². The van der Waals surface area contributed by atoms with E-state index in [4.69, 9.17) is 0 Å². The molecule has 0 spiro atoms. The Hall–Kier alpha value is -2.60. The molecule has 0 bridgehead atoms. The largest absolute Gasteiger partial charge is 0.333 e. The molecule has 3 aromatic rings. The molecule has 1 atom stereocenters. The van der Waals surface area contributed by atoms with Crippen molar-refractivity contribution in [1.29, 1.82) is 0 Å². The van der Waals surface area contributed by atoms with Crippen LogP contribution in [-0.4, -0.2) is 30.8 Å². The molecule has 32 heavy (non-hydrogen) atoms. The Morgan fingerprint density at radius 1 is 0.969 bits per heavy atom. The molecule has 4 rings (SSSR count). The summed E-state index contributed by atoms with van der Waals surface area (Å²) in [5, 5.41) is 9.43. The van der Waals surface area contributed by atoms with Crippen LogP contribution in [0, 0.1) is 6.92 Å². The second-order valence-electron chi connectivity index (χ2n) is 8.62. The smallest absolute Gasteiger partial charge is 0.236 e. The minimum absolute atomic E-state index is 0.124. The van der Waals surface area contributed by atoms with Gasteiger partial charge in [0.15, 0.2) is 5.16 Å². The van der Waals surface area contributed by atoms with E-state index in [2.05, 4.69) is 39.0 Å². The molecular formula is C26H32N4OS. The molecule has 0 radical (unpaired) electrons. The van der Waals surface area contributed by atoms with Crippen LogP contribution in [-0.2, 0) is 17.9 Å². The first-order valence-electron chi connectivity index (χ1n) is 11.6. The minimum atomic E-state index is -0.242. The van der Waals surface area contributed by atoms with Gasteiger partial charge in [-0.15, -0.1) is 10.2 Å². The first kappa shape index (κ1) is 22.6. The summed E-state index contributed by atoms with van der Waals surface area (Å²) in [4.78, 5) is 15.6. The molecule has 6 heteroatoms. The lowest BCUT2D eigenvalue weighted by Crippen LogP contribution is -2.36. The minimum Gasteiger partial charge on any atom is -0.333 e. The molecule has 1 aliphatic carbocycles. The number of thioether (sulfide) groups is 1. The quantitative estimate of drug-likeness (QED) is 0.409. The molecule has 1 heterocycles. The lowest BCUT2D eigenvalue weighted by Gasteiger charge is -2.27. The number of hydrogen-bond donors (Lipinski definition) is 0. The molecule has 1 aromatic heterocycles. The number of aryl methyl sites for hydroxylation is 1. The summed E-state index contributed by atoms with van der Waals surface area (Å²) in [5.41, 5.74) is 2.27. The molecule has 0 saturated heterocycles. The Kier molecular flexibility index (Phi) is 7.63. The van der Waals surface area contributed by atoms with Crippen LogP contribution in [0.15, 0.2) is 65.8 Å². The fourth-order valence-electron chi connectivity index (χ4n) is 4.47. The van der Waals surface area contributed by atoms with Crippen LogP contribution < -0.4 is 0 Å². The number of carbonyl (C=O) groups is 1. The third-order valence-corrected chi connectivity index (χ3v) is 7.19. The number of nitrogens with zero attached hydrogens (tertiary/aromatic N) is 4. The van der Waals surface area contributed by atoms with Crippen LogP contribution in [0.3, 0.4) is 0 Å². The number of benzene rings is 2. The molecule has 1 aliphatic rings. The fraction of sp³-hybridized carbons (Fsp3) is 0.423. The van der Waals surface area contributed by atoms with E-state index in [1.165, 1.54) is 32.1 Å². The van der Waals surface area contributed by atoms with Crippen molar-refractivity contribution < 1.29 is 4.79 Å². The Balaban J connectivity index is 1.51. The lowest BCUT2D eigenvalue weighted by molar-refractivity contribution is -0.131.